The molecule has 0 heterocycles. The fraction of sp³-hybridized carbons (Fsp3) is 0.0714. The van der Waals surface area contributed by atoms with Crippen LogP contribution < -0.4 is 4.72 Å². The van der Waals surface area contributed by atoms with Crippen molar-refractivity contribution in [3.05, 3.63) is 58.6 Å². The molecule has 0 saturated carbocycles. The number of carbonyl (C=O) groups excluding carboxylic acids is 1. The van der Waals surface area contributed by atoms with Gasteiger partial charge in [0.1, 0.15) is 0 Å². The Labute approximate surface area is 136 Å². The number of amides is 1. The molecule has 0 unspecified atom stereocenters. The third-order valence-electron chi connectivity index (χ3n) is 2.70. The summed E-state index contributed by atoms with van der Waals surface area (Å²) in [6.45, 7) is 0. The first-order chi connectivity index (χ1) is 9.92. The normalized spacial score (nSPS) is 11.1. The Morgan fingerprint density at radius 1 is 1.05 bits per heavy atom. The van der Waals surface area contributed by atoms with E-state index in [2.05, 4.69) is 20.7 Å². The molecule has 0 aliphatic rings. The zero-order valence-corrected chi connectivity index (χ0v) is 14.3. The van der Waals surface area contributed by atoms with Crippen LogP contribution in [0.4, 0.5) is 0 Å². The van der Waals surface area contributed by atoms with Crippen molar-refractivity contribution >= 4 is 43.6 Å². The summed E-state index contributed by atoms with van der Waals surface area (Å²) in [5.74, 6) is -0.656. The van der Waals surface area contributed by atoms with E-state index in [1.54, 1.807) is 36.4 Å². The molecule has 0 aromatic heterocycles. The summed E-state index contributed by atoms with van der Waals surface area (Å²) in [6.07, 6.45) is 1.90. The molecule has 7 heteroatoms. The molecular weight excluding hydrogens is 374 g/mol. The van der Waals surface area contributed by atoms with Crippen molar-refractivity contribution in [1.29, 1.82) is 0 Å². The summed E-state index contributed by atoms with van der Waals surface area (Å²) in [5, 5.41) is 0. The Morgan fingerprint density at radius 3 is 2.14 bits per heavy atom. The van der Waals surface area contributed by atoms with Crippen LogP contribution in [0.1, 0.15) is 10.4 Å². The second kappa shape index (κ2) is 6.64. The Morgan fingerprint density at radius 2 is 1.62 bits per heavy atom. The molecule has 1 amide bonds. The minimum Gasteiger partial charge on any atom is -0.268 e. The number of carbonyl (C=O) groups is 1. The SMILES string of the molecule is CSc1ccc(S(=O)(=O)NC(=O)c2ccc(Br)cc2)cc1. The van der Waals surface area contributed by atoms with Gasteiger partial charge in [-0.25, -0.2) is 13.1 Å². The minimum atomic E-state index is -3.86. The zero-order chi connectivity index (χ0) is 15.5. The largest absolute Gasteiger partial charge is 0.268 e. The first-order valence-corrected chi connectivity index (χ1v) is 9.39. The van der Waals surface area contributed by atoms with Crippen LogP contribution in [-0.4, -0.2) is 20.6 Å². The fourth-order valence-electron chi connectivity index (χ4n) is 1.60. The van der Waals surface area contributed by atoms with E-state index in [1.165, 1.54) is 23.9 Å². The van der Waals surface area contributed by atoms with Gasteiger partial charge in [0.2, 0.25) is 0 Å². The van der Waals surface area contributed by atoms with E-state index in [-0.39, 0.29) is 10.5 Å². The van der Waals surface area contributed by atoms with Crippen LogP contribution in [0, 0.1) is 0 Å². The number of rotatable bonds is 4. The van der Waals surface area contributed by atoms with Crippen molar-refractivity contribution < 1.29 is 13.2 Å². The highest BCUT2D eigenvalue weighted by atomic mass is 79.9. The van der Waals surface area contributed by atoms with E-state index in [9.17, 15) is 13.2 Å². The molecule has 0 aliphatic heterocycles. The lowest BCUT2D eigenvalue weighted by Crippen LogP contribution is -2.30. The summed E-state index contributed by atoms with van der Waals surface area (Å²) in [6, 6.07) is 12.8. The molecule has 0 fully saturated rings. The highest BCUT2D eigenvalue weighted by molar-refractivity contribution is 9.10. The lowest BCUT2D eigenvalue weighted by Gasteiger charge is -2.07. The number of benzene rings is 2. The molecular formula is C14H12BrNO3S2. The van der Waals surface area contributed by atoms with Gasteiger partial charge in [-0.15, -0.1) is 11.8 Å². The maximum atomic E-state index is 12.1. The number of halogens is 1. The first kappa shape index (κ1) is 16.1. The van der Waals surface area contributed by atoms with Gasteiger partial charge in [0.25, 0.3) is 15.9 Å². The van der Waals surface area contributed by atoms with Crippen LogP contribution in [0.3, 0.4) is 0 Å². The molecule has 0 bridgehead atoms. The van der Waals surface area contributed by atoms with Crippen molar-refractivity contribution in [1.82, 2.24) is 4.72 Å². The molecule has 0 spiro atoms. The maximum absolute atomic E-state index is 12.1. The topological polar surface area (TPSA) is 63.2 Å². The van der Waals surface area contributed by atoms with Crippen molar-refractivity contribution in [3.63, 3.8) is 0 Å². The molecule has 0 aliphatic carbocycles. The summed E-state index contributed by atoms with van der Waals surface area (Å²) >= 11 is 4.77. The van der Waals surface area contributed by atoms with Crippen molar-refractivity contribution in [2.75, 3.05) is 6.26 Å². The van der Waals surface area contributed by atoms with Gasteiger partial charge < -0.3 is 0 Å². The monoisotopic (exact) mass is 385 g/mol. The maximum Gasteiger partial charge on any atom is 0.264 e. The molecule has 21 heavy (non-hydrogen) atoms. The Balaban J connectivity index is 2.20. The standard InChI is InChI=1S/C14H12BrNO3S2/c1-20-12-6-8-13(9-7-12)21(18,19)16-14(17)10-2-4-11(15)5-3-10/h2-9H,1H3,(H,16,17). The molecule has 110 valence electrons. The summed E-state index contributed by atoms with van der Waals surface area (Å²) in [7, 11) is -3.86. The quantitative estimate of drug-likeness (QED) is 0.820. The molecule has 2 rings (SSSR count). The van der Waals surface area contributed by atoms with Gasteiger partial charge in [0.15, 0.2) is 0 Å². The van der Waals surface area contributed by atoms with Crippen molar-refractivity contribution in [2.45, 2.75) is 9.79 Å². The predicted molar refractivity (Wildman–Crippen MR) is 87.0 cm³/mol. The van der Waals surface area contributed by atoms with Crippen molar-refractivity contribution in [2.24, 2.45) is 0 Å². The van der Waals surface area contributed by atoms with Gasteiger partial charge in [-0.1, -0.05) is 15.9 Å². The van der Waals surface area contributed by atoms with Crippen LogP contribution in [0.2, 0.25) is 0 Å². The number of sulfonamides is 1. The Kier molecular flexibility index (Phi) is 5.08. The smallest absolute Gasteiger partial charge is 0.264 e. The van der Waals surface area contributed by atoms with E-state index in [0.29, 0.717) is 0 Å². The van der Waals surface area contributed by atoms with Gasteiger partial charge in [0, 0.05) is 14.9 Å². The third kappa shape index (κ3) is 4.09. The summed E-state index contributed by atoms with van der Waals surface area (Å²) in [4.78, 5) is 13.0. The summed E-state index contributed by atoms with van der Waals surface area (Å²) < 4.78 is 27.1. The highest BCUT2D eigenvalue weighted by Crippen LogP contribution is 2.18. The average Bonchev–Trinajstić information content (AvgIpc) is 2.47. The van der Waals surface area contributed by atoms with Gasteiger partial charge >= 0.3 is 0 Å². The third-order valence-corrected chi connectivity index (χ3v) is 5.32. The fourth-order valence-corrected chi connectivity index (χ4v) is 3.24. The van der Waals surface area contributed by atoms with E-state index >= 15 is 0 Å². The molecule has 0 atom stereocenters. The molecule has 4 nitrogen and oxygen atoms in total. The minimum absolute atomic E-state index is 0.0609. The zero-order valence-electron chi connectivity index (χ0n) is 11.0. The number of hydrogen-bond donors (Lipinski definition) is 1. The highest BCUT2D eigenvalue weighted by Gasteiger charge is 2.18. The van der Waals surface area contributed by atoms with Gasteiger partial charge in [-0.2, -0.15) is 0 Å². The average molecular weight is 386 g/mol. The van der Waals surface area contributed by atoms with Crippen LogP contribution in [-0.2, 0) is 10.0 Å². The summed E-state index contributed by atoms with van der Waals surface area (Å²) in [5.41, 5.74) is 0.280. The number of hydrogen-bond acceptors (Lipinski definition) is 4. The van der Waals surface area contributed by atoms with E-state index < -0.39 is 15.9 Å². The molecule has 0 radical (unpaired) electrons. The van der Waals surface area contributed by atoms with E-state index in [1.807, 2.05) is 6.26 Å². The van der Waals surface area contributed by atoms with Crippen LogP contribution in [0.15, 0.2) is 62.8 Å². The van der Waals surface area contributed by atoms with Crippen LogP contribution in [0.25, 0.3) is 0 Å². The number of thioether (sulfide) groups is 1. The van der Waals surface area contributed by atoms with Gasteiger partial charge in [0.05, 0.1) is 4.90 Å². The predicted octanol–water partition coefficient (Wildman–Crippen LogP) is 3.29. The van der Waals surface area contributed by atoms with Gasteiger partial charge in [-0.3, -0.25) is 4.79 Å². The van der Waals surface area contributed by atoms with Crippen LogP contribution in [0.5, 0.6) is 0 Å². The molecule has 1 N–H and O–H groups in total. The van der Waals surface area contributed by atoms with E-state index in [0.717, 1.165) is 9.37 Å². The molecule has 2 aromatic rings. The first-order valence-electron chi connectivity index (χ1n) is 5.89. The van der Waals surface area contributed by atoms with Gasteiger partial charge in [-0.05, 0) is 54.8 Å². The Bertz CT molecular complexity index is 741. The lowest BCUT2D eigenvalue weighted by atomic mass is 10.2. The molecule has 0 saturated heterocycles. The second-order valence-corrected chi connectivity index (χ2v) is 7.59. The van der Waals surface area contributed by atoms with E-state index in [4.69, 9.17) is 0 Å². The second-order valence-electron chi connectivity index (χ2n) is 4.12. The Hall–Kier alpha value is -1.31. The molecule has 2 aromatic carbocycles. The van der Waals surface area contributed by atoms with Crippen molar-refractivity contribution in [3.8, 4) is 0 Å². The number of nitrogens with one attached hydrogen (secondary N) is 1. The lowest BCUT2D eigenvalue weighted by molar-refractivity contribution is 0.0981. The van der Waals surface area contributed by atoms with Crippen LogP contribution >= 0.6 is 27.7 Å².